The number of hydrogen-bond donors (Lipinski definition) is 4. The number of anilines is 1. The van der Waals surface area contributed by atoms with Gasteiger partial charge in [-0.2, -0.15) is 0 Å². The van der Waals surface area contributed by atoms with Gasteiger partial charge in [0.25, 0.3) is 5.91 Å². The molecule has 2 atom stereocenters. The Hall–Kier alpha value is -3.60. The summed E-state index contributed by atoms with van der Waals surface area (Å²) < 4.78 is 21.9. The van der Waals surface area contributed by atoms with E-state index in [-0.39, 0.29) is 13.2 Å². The molecule has 10 heteroatoms. The minimum absolute atomic E-state index is 0.105. The van der Waals surface area contributed by atoms with Gasteiger partial charge in [0.15, 0.2) is 6.10 Å². The van der Waals surface area contributed by atoms with Gasteiger partial charge >= 0.3 is 6.09 Å². The van der Waals surface area contributed by atoms with Crippen LogP contribution in [-0.4, -0.2) is 55.9 Å². The summed E-state index contributed by atoms with van der Waals surface area (Å²) >= 11 is 0. The van der Waals surface area contributed by atoms with Crippen molar-refractivity contribution in [2.45, 2.75) is 25.0 Å². The molecule has 0 aliphatic heterocycles. The molecule has 0 aliphatic carbocycles. The summed E-state index contributed by atoms with van der Waals surface area (Å²) in [6, 6.07) is 13.7. The van der Waals surface area contributed by atoms with Gasteiger partial charge < -0.3 is 24.1 Å². The number of amides is 2. The van der Waals surface area contributed by atoms with Crippen molar-refractivity contribution in [1.82, 2.24) is 5.48 Å². The second-order valence-electron chi connectivity index (χ2n) is 7.05. The van der Waals surface area contributed by atoms with Gasteiger partial charge in [0, 0.05) is 18.9 Å². The van der Waals surface area contributed by atoms with Crippen molar-refractivity contribution < 1.29 is 38.9 Å². The molecule has 2 aromatic rings. The molecule has 0 saturated heterocycles. The number of nitrogens with one attached hydrogen (secondary N) is 2. The summed E-state index contributed by atoms with van der Waals surface area (Å²) in [6.07, 6.45) is 1.67. The fraction of sp³-hybridized carbons (Fsp3) is 0.333. The summed E-state index contributed by atoms with van der Waals surface area (Å²) in [5.74, 6) is 0.577. The van der Waals surface area contributed by atoms with Crippen LogP contribution in [0.3, 0.4) is 0 Å². The number of aliphatic hydroxyl groups is 1. The third-order valence-corrected chi connectivity index (χ3v) is 4.78. The summed E-state index contributed by atoms with van der Waals surface area (Å²) in [6.45, 7) is 0.0601. The average Bonchev–Trinajstić information content (AvgIpc) is 2.87. The molecule has 2 rings (SSSR count). The van der Waals surface area contributed by atoms with Crippen LogP contribution in [0.1, 0.15) is 24.5 Å². The topological polar surface area (TPSA) is 136 Å². The van der Waals surface area contributed by atoms with E-state index in [1.165, 1.54) is 18.7 Å². The number of rotatable bonds is 13. The summed E-state index contributed by atoms with van der Waals surface area (Å²) in [5.41, 5.74) is 2.73. The number of allylic oxidation sites excluding steroid dienone is 1. The Kier molecular flexibility index (Phi) is 11.4. The lowest BCUT2D eigenvalue weighted by molar-refractivity contribution is -0.124. The van der Waals surface area contributed by atoms with E-state index < -0.39 is 24.2 Å². The predicted molar refractivity (Wildman–Crippen MR) is 124 cm³/mol. The molecule has 0 heterocycles. The number of carbonyl (C=O) groups excluding carboxylic acids is 2. The van der Waals surface area contributed by atoms with E-state index in [0.29, 0.717) is 35.6 Å². The first-order valence-corrected chi connectivity index (χ1v) is 10.6. The Balaban J connectivity index is 2.16. The minimum Gasteiger partial charge on any atom is -0.497 e. The van der Waals surface area contributed by atoms with Crippen LogP contribution in [0.5, 0.6) is 11.5 Å². The van der Waals surface area contributed by atoms with E-state index in [0.717, 1.165) is 0 Å². The lowest BCUT2D eigenvalue weighted by Gasteiger charge is -2.26. The number of methoxy groups -OCH3 is 2. The molecule has 2 amide bonds. The maximum Gasteiger partial charge on any atom is 0.412 e. The standard InChI is InChI=1S/C24H30N2O8/c1-31-19-13-9-18(10-14-19)25-24(29)34-23(17-7-11-20(12-8-17)33-16-15-27)21(32-2)5-3-4-6-22(28)26-30/h4,6-14,21,23,27,30H,3,5,15-16H2,1-2H3,(H,25,29)(H,26,28)/b6-4+/t21-,23-/m0/s1. The monoisotopic (exact) mass is 474 g/mol. The van der Waals surface area contributed by atoms with Gasteiger partial charge in [-0.25, -0.2) is 10.3 Å². The lowest BCUT2D eigenvalue weighted by Crippen LogP contribution is -2.28. The molecule has 184 valence electrons. The Morgan fingerprint density at radius 2 is 1.71 bits per heavy atom. The van der Waals surface area contributed by atoms with Crippen LogP contribution in [0.15, 0.2) is 60.7 Å². The van der Waals surface area contributed by atoms with Crippen molar-refractivity contribution in [2.24, 2.45) is 0 Å². The molecule has 0 unspecified atom stereocenters. The van der Waals surface area contributed by atoms with Crippen LogP contribution >= 0.6 is 0 Å². The Bertz CT molecular complexity index is 916. The fourth-order valence-electron chi connectivity index (χ4n) is 3.09. The van der Waals surface area contributed by atoms with Crippen LogP contribution in [-0.2, 0) is 14.3 Å². The molecule has 0 aliphatic rings. The number of ether oxygens (including phenoxy) is 4. The minimum atomic E-state index is -0.768. The Morgan fingerprint density at radius 1 is 1.03 bits per heavy atom. The smallest absolute Gasteiger partial charge is 0.412 e. The lowest BCUT2D eigenvalue weighted by atomic mass is 10.00. The van der Waals surface area contributed by atoms with E-state index in [1.54, 1.807) is 61.7 Å². The number of hydroxylamine groups is 1. The molecule has 0 fully saturated rings. The van der Waals surface area contributed by atoms with E-state index in [2.05, 4.69) is 5.32 Å². The van der Waals surface area contributed by atoms with Crippen LogP contribution < -0.4 is 20.3 Å². The van der Waals surface area contributed by atoms with E-state index in [4.69, 9.17) is 29.3 Å². The summed E-state index contributed by atoms with van der Waals surface area (Å²) in [5, 5.41) is 20.2. The summed E-state index contributed by atoms with van der Waals surface area (Å²) in [7, 11) is 3.06. The molecule has 34 heavy (non-hydrogen) atoms. The highest BCUT2D eigenvalue weighted by atomic mass is 16.6. The van der Waals surface area contributed by atoms with Crippen molar-refractivity contribution >= 4 is 17.7 Å². The van der Waals surface area contributed by atoms with Gasteiger partial charge in [-0.05, 0) is 54.8 Å². The highest BCUT2D eigenvalue weighted by Gasteiger charge is 2.27. The van der Waals surface area contributed by atoms with Crippen molar-refractivity contribution in [3.8, 4) is 11.5 Å². The zero-order chi connectivity index (χ0) is 24.8. The number of carbonyl (C=O) groups is 2. The van der Waals surface area contributed by atoms with Gasteiger partial charge in [0.05, 0.1) is 19.8 Å². The van der Waals surface area contributed by atoms with Gasteiger partial charge in [0.1, 0.15) is 18.1 Å². The SMILES string of the molecule is COc1ccc(NC(=O)O[C@@H](c2ccc(OCCO)cc2)[C@H](CC/C=C/C(=O)NO)OC)cc1. The molecular formula is C24H30N2O8. The third-order valence-electron chi connectivity index (χ3n) is 4.78. The molecule has 0 radical (unpaired) electrons. The predicted octanol–water partition coefficient (Wildman–Crippen LogP) is 3.21. The molecule has 0 spiro atoms. The maximum absolute atomic E-state index is 12.7. The first-order valence-electron chi connectivity index (χ1n) is 10.6. The van der Waals surface area contributed by atoms with Gasteiger partial charge in [-0.1, -0.05) is 18.2 Å². The van der Waals surface area contributed by atoms with Crippen LogP contribution in [0, 0.1) is 0 Å². The van der Waals surface area contributed by atoms with Crippen LogP contribution in [0.2, 0.25) is 0 Å². The van der Waals surface area contributed by atoms with Crippen LogP contribution in [0.4, 0.5) is 10.5 Å². The highest BCUT2D eigenvalue weighted by molar-refractivity contribution is 5.86. The van der Waals surface area contributed by atoms with E-state index in [9.17, 15) is 9.59 Å². The third kappa shape index (κ3) is 8.74. The van der Waals surface area contributed by atoms with Crippen molar-refractivity contribution in [2.75, 3.05) is 32.8 Å². The first kappa shape index (κ1) is 26.7. The Labute approximate surface area is 198 Å². The fourth-order valence-corrected chi connectivity index (χ4v) is 3.09. The molecule has 0 aromatic heterocycles. The molecule has 10 nitrogen and oxygen atoms in total. The second kappa shape index (κ2) is 14.5. The van der Waals surface area contributed by atoms with Crippen LogP contribution in [0.25, 0.3) is 0 Å². The Morgan fingerprint density at radius 3 is 2.29 bits per heavy atom. The normalized spacial score (nSPS) is 12.6. The first-order chi connectivity index (χ1) is 16.5. The number of benzene rings is 2. The van der Waals surface area contributed by atoms with E-state index in [1.807, 2.05) is 0 Å². The number of aliphatic hydroxyl groups excluding tert-OH is 1. The molecular weight excluding hydrogens is 444 g/mol. The maximum atomic E-state index is 12.7. The number of hydrogen-bond acceptors (Lipinski definition) is 8. The second-order valence-corrected chi connectivity index (χ2v) is 7.05. The van der Waals surface area contributed by atoms with E-state index >= 15 is 0 Å². The van der Waals surface area contributed by atoms with Gasteiger partial charge in [-0.15, -0.1) is 0 Å². The molecule has 2 aromatic carbocycles. The zero-order valence-corrected chi connectivity index (χ0v) is 19.1. The van der Waals surface area contributed by atoms with Gasteiger partial charge in [-0.3, -0.25) is 15.3 Å². The molecule has 0 bridgehead atoms. The molecule has 4 N–H and O–H groups in total. The molecule has 0 saturated carbocycles. The van der Waals surface area contributed by atoms with Crippen molar-refractivity contribution in [1.29, 1.82) is 0 Å². The van der Waals surface area contributed by atoms with Crippen molar-refractivity contribution in [3.05, 3.63) is 66.2 Å². The quantitative estimate of drug-likeness (QED) is 0.197. The zero-order valence-electron chi connectivity index (χ0n) is 19.1. The van der Waals surface area contributed by atoms with Crippen molar-refractivity contribution in [3.63, 3.8) is 0 Å². The highest BCUT2D eigenvalue weighted by Crippen LogP contribution is 2.29. The summed E-state index contributed by atoms with van der Waals surface area (Å²) in [4.78, 5) is 23.8. The largest absolute Gasteiger partial charge is 0.497 e. The van der Waals surface area contributed by atoms with Gasteiger partial charge in [0.2, 0.25) is 0 Å². The average molecular weight is 475 g/mol.